The Bertz CT molecular complexity index is 350. The molecule has 1 aromatic heterocycles. The summed E-state index contributed by atoms with van der Waals surface area (Å²) in [4.78, 5) is 4.34. The quantitative estimate of drug-likeness (QED) is 0.803. The Balaban J connectivity index is 2.57. The molecule has 4 heteroatoms. The first-order chi connectivity index (χ1) is 7.44. The van der Waals surface area contributed by atoms with Crippen molar-refractivity contribution in [2.24, 2.45) is 0 Å². The van der Waals surface area contributed by atoms with Crippen molar-refractivity contribution >= 4 is 11.5 Å². The van der Waals surface area contributed by atoms with Crippen molar-refractivity contribution in [3.8, 4) is 0 Å². The highest BCUT2D eigenvalue weighted by molar-refractivity contribution is 5.49. The van der Waals surface area contributed by atoms with Crippen molar-refractivity contribution < 1.29 is 4.74 Å². The zero-order valence-electron chi connectivity index (χ0n) is 10.5. The van der Waals surface area contributed by atoms with Gasteiger partial charge in [-0.1, -0.05) is 0 Å². The van der Waals surface area contributed by atoms with Crippen LogP contribution in [-0.4, -0.2) is 23.7 Å². The van der Waals surface area contributed by atoms with E-state index in [1.807, 2.05) is 39.8 Å². The molecule has 0 bridgehead atoms. The van der Waals surface area contributed by atoms with Gasteiger partial charge in [-0.15, -0.1) is 0 Å². The molecule has 1 rings (SSSR count). The maximum atomic E-state index is 5.70. The van der Waals surface area contributed by atoms with E-state index in [1.54, 1.807) is 0 Å². The summed E-state index contributed by atoms with van der Waals surface area (Å²) in [6, 6.07) is 3.74. The van der Waals surface area contributed by atoms with Crippen LogP contribution in [-0.2, 0) is 4.74 Å². The molecule has 1 heterocycles. The molecule has 16 heavy (non-hydrogen) atoms. The molecule has 0 saturated heterocycles. The fraction of sp³-hybridized carbons (Fsp3) is 0.583. The van der Waals surface area contributed by atoms with Crippen molar-refractivity contribution in [2.45, 2.75) is 33.3 Å². The molecule has 0 aromatic carbocycles. The summed E-state index contributed by atoms with van der Waals surface area (Å²) in [5.74, 6) is 0.833. The second-order valence-electron chi connectivity index (χ2n) is 4.42. The minimum absolute atomic E-state index is 0.189. The lowest BCUT2D eigenvalue weighted by molar-refractivity contribution is 0.000641. The van der Waals surface area contributed by atoms with E-state index in [1.165, 1.54) is 0 Å². The molecule has 0 atom stereocenters. The van der Waals surface area contributed by atoms with Crippen molar-refractivity contribution in [2.75, 3.05) is 24.2 Å². The van der Waals surface area contributed by atoms with Gasteiger partial charge in [0.2, 0.25) is 0 Å². The van der Waals surface area contributed by atoms with E-state index in [9.17, 15) is 0 Å². The number of rotatable bonds is 5. The standard InChI is InChI=1S/C12H21N3O/c1-5-16-12(3,4)8-14-11-7-6-10(13)9(2)15-11/h6-7H,5,8,13H2,1-4H3,(H,14,15). The molecule has 0 aliphatic carbocycles. The van der Waals surface area contributed by atoms with Crippen LogP contribution >= 0.6 is 0 Å². The summed E-state index contributed by atoms with van der Waals surface area (Å²) in [5.41, 5.74) is 7.08. The smallest absolute Gasteiger partial charge is 0.126 e. The number of hydrogen-bond acceptors (Lipinski definition) is 4. The van der Waals surface area contributed by atoms with E-state index in [2.05, 4.69) is 10.3 Å². The normalized spacial score (nSPS) is 11.5. The van der Waals surface area contributed by atoms with Crippen LogP contribution in [0.1, 0.15) is 26.5 Å². The Hall–Kier alpha value is -1.29. The molecule has 0 aliphatic heterocycles. The van der Waals surface area contributed by atoms with Crippen molar-refractivity contribution in [1.29, 1.82) is 0 Å². The lowest BCUT2D eigenvalue weighted by Gasteiger charge is -2.25. The van der Waals surface area contributed by atoms with E-state index in [4.69, 9.17) is 10.5 Å². The molecular formula is C12H21N3O. The minimum Gasteiger partial charge on any atom is -0.397 e. The van der Waals surface area contributed by atoms with Crippen LogP contribution < -0.4 is 11.1 Å². The maximum absolute atomic E-state index is 5.70. The number of aryl methyl sites for hydroxylation is 1. The fourth-order valence-corrected chi connectivity index (χ4v) is 1.42. The molecule has 0 aliphatic rings. The van der Waals surface area contributed by atoms with E-state index in [0.717, 1.165) is 23.7 Å². The van der Waals surface area contributed by atoms with Crippen LogP contribution in [0.25, 0.3) is 0 Å². The third-order valence-corrected chi connectivity index (χ3v) is 2.36. The first-order valence-electron chi connectivity index (χ1n) is 5.55. The van der Waals surface area contributed by atoms with Gasteiger partial charge in [0.15, 0.2) is 0 Å². The number of nitrogens with two attached hydrogens (primary N) is 1. The third kappa shape index (κ3) is 3.70. The fourth-order valence-electron chi connectivity index (χ4n) is 1.42. The van der Waals surface area contributed by atoms with Gasteiger partial charge >= 0.3 is 0 Å². The van der Waals surface area contributed by atoms with Crippen LogP contribution in [0.4, 0.5) is 11.5 Å². The number of ether oxygens (including phenoxy) is 1. The average molecular weight is 223 g/mol. The molecular weight excluding hydrogens is 202 g/mol. The van der Waals surface area contributed by atoms with E-state index >= 15 is 0 Å². The molecule has 0 unspecified atom stereocenters. The number of nitrogens with one attached hydrogen (secondary N) is 1. The maximum Gasteiger partial charge on any atom is 0.126 e. The number of hydrogen-bond donors (Lipinski definition) is 2. The van der Waals surface area contributed by atoms with Crippen LogP contribution in [0.5, 0.6) is 0 Å². The SMILES string of the molecule is CCOC(C)(C)CNc1ccc(N)c(C)n1. The molecule has 3 N–H and O–H groups in total. The van der Waals surface area contributed by atoms with Gasteiger partial charge in [0, 0.05) is 13.2 Å². The first-order valence-corrected chi connectivity index (χ1v) is 5.55. The minimum atomic E-state index is -0.189. The van der Waals surface area contributed by atoms with Crippen LogP contribution in [0.3, 0.4) is 0 Å². The van der Waals surface area contributed by atoms with Gasteiger partial charge in [0.1, 0.15) is 5.82 Å². The Morgan fingerprint density at radius 2 is 2.12 bits per heavy atom. The molecule has 0 saturated carbocycles. The van der Waals surface area contributed by atoms with Gasteiger partial charge in [-0.05, 0) is 39.8 Å². The third-order valence-electron chi connectivity index (χ3n) is 2.36. The molecule has 1 aromatic rings. The van der Waals surface area contributed by atoms with Crippen LogP contribution in [0.2, 0.25) is 0 Å². The van der Waals surface area contributed by atoms with Crippen LogP contribution in [0, 0.1) is 6.92 Å². The summed E-state index contributed by atoms with van der Waals surface area (Å²) in [6.07, 6.45) is 0. The average Bonchev–Trinajstić information content (AvgIpc) is 2.20. The first kappa shape index (κ1) is 12.8. The Morgan fingerprint density at radius 1 is 1.44 bits per heavy atom. The lowest BCUT2D eigenvalue weighted by Crippen LogP contribution is -2.33. The monoisotopic (exact) mass is 223 g/mol. The molecule has 0 radical (unpaired) electrons. The second-order valence-corrected chi connectivity index (χ2v) is 4.42. The highest BCUT2D eigenvalue weighted by Gasteiger charge is 2.17. The predicted molar refractivity (Wildman–Crippen MR) is 67.6 cm³/mol. The number of anilines is 2. The van der Waals surface area contributed by atoms with Gasteiger partial charge in [-0.25, -0.2) is 4.98 Å². The van der Waals surface area contributed by atoms with E-state index in [-0.39, 0.29) is 5.60 Å². The van der Waals surface area contributed by atoms with Crippen molar-refractivity contribution in [1.82, 2.24) is 4.98 Å². The Kier molecular flexibility index (Phi) is 4.12. The van der Waals surface area contributed by atoms with Gasteiger partial charge in [-0.3, -0.25) is 0 Å². The summed E-state index contributed by atoms with van der Waals surface area (Å²) < 4.78 is 5.59. The number of aromatic nitrogens is 1. The van der Waals surface area contributed by atoms with E-state index in [0.29, 0.717) is 6.61 Å². The highest BCUT2D eigenvalue weighted by atomic mass is 16.5. The zero-order valence-corrected chi connectivity index (χ0v) is 10.5. The Labute approximate surface area is 97.2 Å². The van der Waals surface area contributed by atoms with Crippen molar-refractivity contribution in [3.05, 3.63) is 17.8 Å². The lowest BCUT2D eigenvalue weighted by atomic mass is 10.1. The second kappa shape index (κ2) is 5.16. The number of nitrogens with zero attached hydrogens (tertiary/aromatic N) is 1. The summed E-state index contributed by atoms with van der Waals surface area (Å²) in [7, 11) is 0. The van der Waals surface area contributed by atoms with Crippen molar-refractivity contribution in [3.63, 3.8) is 0 Å². The molecule has 0 spiro atoms. The summed E-state index contributed by atoms with van der Waals surface area (Å²) in [6.45, 7) is 9.42. The van der Waals surface area contributed by atoms with Gasteiger partial charge in [0.05, 0.1) is 17.0 Å². The van der Waals surface area contributed by atoms with Gasteiger partial charge in [-0.2, -0.15) is 0 Å². The zero-order chi connectivity index (χ0) is 12.2. The molecule has 4 nitrogen and oxygen atoms in total. The predicted octanol–water partition coefficient (Wildman–Crippen LogP) is 2.20. The van der Waals surface area contributed by atoms with Gasteiger partial charge < -0.3 is 15.8 Å². The summed E-state index contributed by atoms with van der Waals surface area (Å²) in [5, 5.41) is 3.25. The van der Waals surface area contributed by atoms with E-state index < -0.39 is 0 Å². The van der Waals surface area contributed by atoms with Gasteiger partial charge in [0.25, 0.3) is 0 Å². The molecule has 0 fully saturated rings. The largest absolute Gasteiger partial charge is 0.397 e. The Morgan fingerprint density at radius 3 is 2.69 bits per heavy atom. The molecule has 90 valence electrons. The topological polar surface area (TPSA) is 60.2 Å². The van der Waals surface area contributed by atoms with Crippen LogP contribution in [0.15, 0.2) is 12.1 Å². The molecule has 0 amide bonds. The summed E-state index contributed by atoms with van der Waals surface area (Å²) >= 11 is 0. The highest BCUT2D eigenvalue weighted by Crippen LogP contribution is 2.14. The number of pyridine rings is 1. The number of nitrogen functional groups attached to an aromatic ring is 1.